The van der Waals surface area contributed by atoms with Gasteiger partial charge < -0.3 is 14.2 Å². The lowest BCUT2D eigenvalue weighted by Gasteiger charge is -2.18. The standard InChI is InChI=1S/C49H80O5/c1-4-7-10-13-16-18-20-22-24-25-26-27-29-31-34-36-39-42-48(50)53-46-47(54-49(51)43-40-37-33-15-12-9-6-3)45-52-44-41-38-35-32-30-28-23-21-19-17-14-11-8-5-2/h7-8,10-11,16-19,22-24,26-28,31,34,47H,4-6,9,12-15,20-21,25,29-30,32-33,35-46H2,1-3H3/b10-7-,11-8-,18-16-,19-17-,24-22-,27-26-,28-23-,34-31-. The van der Waals surface area contributed by atoms with Crippen LogP contribution in [0.15, 0.2) is 97.2 Å². The number of ether oxygens (including phenoxy) is 3. The molecule has 0 aliphatic heterocycles. The first-order chi connectivity index (χ1) is 26.6. The van der Waals surface area contributed by atoms with E-state index in [0.717, 1.165) is 103 Å². The van der Waals surface area contributed by atoms with Crippen molar-refractivity contribution in [3.63, 3.8) is 0 Å². The van der Waals surface area contributed by atoms with Gasteiger partial charge >= 0.3 is 11.9 Å². The summed E-state index contributed by atoms with van der Waals surface area (Å²) in [6.45, 7) is 7.43. The average Bonchev–Trinajstić information content (AvgIpc) is 3.17. The maximum Gasteiger partial charge on any atom is 0.306 e. The maximum absolute atomic E-state index is 12.6. The van der Waals surface area contributed by atoms with Crippen LogP contribution in [0, 0.1) is 0 Å². The normalized spacial score (nSPS) is 13.2. The smallest absolute Gasteiger partial charge is 0.306 e. The molecule has 0 bridgehead atoms. The van der Waals surface area contributed by atoms with Crippen molar-refractivity contribution in [2.45, 2.75) is 181 Å². The third-order valence-electron chi connectivity index (χ3n) is 8.62. The molecule has 0 aliphatic carbocycles. The van der Waals surface area contributed by atoms with Crippen LogP contribution >= 0.6 is 0 Å². The molecule has 0 aromatic carbocycles. The first kappa shape index (κ1) is 50.8. The Morgan fingerprint density at radius 1 is 0.426 bits per heavy atom. The largest absolute Gasteiger partial charge is 0.462 e. The van der Waals surface area contributed by atoms with Crippen LogP contribution in [0.5, 0.6) is 0 Å². The van der Waals surface area contributed by atoms with Crippen LogP contribution in [0.25, 0.3) is 0 Å². The van der Waals surface area contributed by atoms with Crippen molar-refractivity contribution in [3.8, 4) is 0 Å². The van der Waals surface area contributed by atoms with Gasteiger partial charge in [-0.25, -0.2) is 0 Å². The number of hydrogen-bond donors (Lipinski definition) is 0. The van der Waals surface area contributed by atoms with E-state index in [-0.39, 0.29) is 25.2 Å². The molecule has 0 spiro atoms. The Labute approximate surface area is 332 Å². The Balaban J connectivity index is 4.32. The Morgan fingerprint density at radius 2 is 0.852 bits per heavy atom. The lowest BCUT2D eigenvalue weighted by molar-refractivity contribution is -0.163. The lowest BCUT2D eigenvalue weighted by atomic mass is 10.1. The van der Waals surface area contributed by atoms with Crippen molar-refractivity contribution in [3.05, 3.63) is 97.2 Å². The van der Waals surface area contributed by atoms with Gasteiger partial charge in [0.2, 0.25) is 0 Å². The summed E-state index contributed by atoms with van der Waals surface area (Å²) in [4.78, 5) is 25.1. The molecular formula is C49H80O5. The van der Waals surface area contributed by atoms with Gasteiger partial charge in [0.15, 0.2) is 6.10 Å². The summed E-state index contributed by atoms with van der Waals surface area (Å²) in [5.74, 6) is -0.492. The van der Waals surface area contributed by atoms with Crippen LogP contribution in [0.3, 0.4) is 0 Å². The van der Waals surface area contributed by atoms with E-state index in [9.17, 15) is 9.59 Å². The predicted molar refractivity (Wildman–Crippen MR) is 233 cm³/mol. The van der Waals surface area contributed by atoms with E-state index in [1.165, 1.54) is 38.5 Å². The van der Waals surface area contributed by atoms with Gasteiger partial charge in [-0.3, -0.25) is 9.59 Å². The van der Waals surface area contributed by atoms with Crippen LogP contribution in [0.2, 0.25) is 0 Å². The van der Waals surface area contributed by atoms with E-state index in [1.807, 2.05) is 0 Å². The first-order valence-electron chi connectivity index (χ1n) is 21.8. The first-order valence-corrected chi connectivity index (χ1v) is 21.8. The minimum absolute atomic E-state index is 0.0419. The Morgan fingerprint density at radius 3 is 1.39 bits per heavy atom. The molecule has 5 nitrogen and oxygen atoms in total. The molecule has 0 rings (SSSR count). The van der Waals surface area contributed by atoms with Gasteiger partial charge in [-0.15, -0.1) is 0 Å². The van der Waals surface area contributed by atoms with E-state index in [4.69, 9.17) is 14.2 Å². The van der Waals surface area contributed by atoms with Gasteiger partial charge in [0.1, 0.15) is 6.61 Å². The van der Waals surface area contributed by atoms with E-state index in [2.05, 4.69) is 118 Å². The molecule has 5 heteroatoms. The second-order valence-corrected chi connectivity index (χ2v) is 13.8. The van der Waals surface area contributed by atoms with Gasteiger partial charge in [0.25, 0.3) is 0 Å². The zero-order valence-corrected chi connectivity index (χ0v) is 34.9. The highest BCUT2D eigenvalue weighted by Gasteiger charge is 2.17. The number of carbonyl (C=O) groups is 2. The highest BCUT2D eigenvalue weighted by Crippen LogP contribution is 2.11. The molecule has 0 saturated carbocycles. The molecule has 0 aromatic rings. The Hall–Kier alpha value is -3.18. The molecule has 1 unspecified atom stereocenters. The Bertz CT molecular complexity index is 1070. The third-order valence-corrected chi connectivity index (χ3v) is 8.62. The fourth-order valence-electron chi connectivity index (χ4n) is 5.44. The Kier molecular flexibility index (Phi) is 41.6. The molecule has 0 aromatic heterocycles. The van der Waals surface area contributed by atoms with Crippen molar-refractivity contribution in [1.29, 1.82) is 0 Å². The van der Waals surface area contributed by atoms with Crippen molar-refractivity contribution in [2.75, 3.05) is 19.8 Å². The van der Waals surface area contributed by atoms with E-state index in [0.29, 0.717) is 19.4 Å². The summed E-state index contributed by atoms with van der Waals surface area (Å²) in [7, 11) is 0. The molecule has 0 heterocycles. The van der Waals surface area contributed by atoms with E-state index in [1.54, 1.807) is 0 Å². The maximum atomic E-state index is 12.6. The number of unbranched alkanes of at least 4 members (excludes halogenated alkanes) is 11. The predicted octanol–water partition coefficient (Wildman–Crippen LogP) is 14.3. The number of esters is 2. The topological polar surface area (TPSA) is 61.8 Å². The second-order valence-electron chi connectivity index (χ2n) is 13.8. The van der Waals surface area contributed by atoms with Crippen LogP contribution in [0.4, 0.5) is 0 Å². The van der Waals surface area contributed by atoms with Gasteiger partial charge in [-0.05, 0) is 89.9 Å². The molecule has 54 heavy (non-hydrogen) atoms. The molecule has 0 aliphatic rings. The highest BCUT2D eigenvalue weighted by atomic mass is 16.6. The fraction of sp³-hybridized carbons (Fsp3) is 0.633. The average molecular weight is 749 g/mol. The molecular weight excluding hydrogens is 669 g/mol. The molecule has 1 atom stereocenters. The van der Waals surface area contributed by atoms with Crippen molar-refractivity contribution < 1.29 is 23.8 Å². The number of carbonyl (C=O) groups excluding carboxylic acids is 2. The van der Waals surface area contributed by atoms with Gasteiger partial charge in [0.05, 0.1) is 6.61 Å². The van der Waals surface area contributed by atoms with Crippen LogP contribution in [-0.4, -0.2) is 37.9 Å². The second kappa shape index (κ2) is 44.2. The minimum atomic E-state index is -0.571. The molecule has 0 radical (unpaired) electrons. The van der Waals surface area contributed by atoms with Gasteiger partial charge in [-0.1, -0.05) is 169 Å². The lowest BCUT2D eigenvalue weighted by Crippen LogP contribution is -2.30. The van der Waals surface area contributed by atoms with E-state index >= 15 is 0 Å². The third kappa shape index (κ3) is 41.6. The van der Waals surface area contributed by atoms with Crippen molar-refractivity contribution >= 4 is 11.9 Å². The summed E-state index contributed by atoms with van der Waals surface area (Å²) in [5, 5.41) is 0. The molecule has 0 amide bonds. The van der Waals surface area contributed by atoms with Gasteiger partial charge in [0, 0.05) is 19.4 Å². The summed E-state index contributed by atoms with van der Waals surface area (Å²) in [6.07, 6.45) is 58.5. The quantitative estimate of drug-likeness (QED) is 0.0357. The zero-order valence-electron chi connectivity index (χ0n) is 34.9. The van der Waals surface area contributed by atoms with Crippen molar-refractivity contribution in [2.24, 2.45) is 0 Å². The fourth-order valence-corrected chi connectivity index (χ4v) is 5.44. The highest BCUT2D eigenvalue weighted by molar-refractivity contribution is 5.70. The molecule has 0 N–H and O–H groups in total. The summed E-state index contributed by atoms with van der Waals surface area (Å²) < 4.78 is 17.2. The summed E-state index contributed by atoms with van der Waals surface area (Å²) in [6, 6.07) is 0. The minimum Gasteiger partial charge on any atom is -0.462 e. The van der Waals surface area contributed by atoms with Crippen LogP contribution < -0.4 is 0 Å². The summed E-state index contributed by atoms with van der Waals surface area (Å²) >= 11 is 0. The van der Waals surface area contributed by atoms with E-state index < -0.39 is 6.10 Å². The number of allylic oxidation sites excluding steroid dienone is 16. The van der Waals surface area contributed by atoms with Crippen LogP contribution in [-0.2, 0) is 23.8 Å². The molecule has 0 saturated heterocycles. The zero-order chi connectivity index (χ0) is 39.3. The molecule has 306 valence electrons. The number of hydrogen-bond acceptors (Lipinski definition) is 5. The molecule has 0 fully saturated rings. The van der Waals surface area contributed by atoms with Gasteiger partial charge in [-0.2, -0.15) is 0 Å². The monoisotopic (exact) mass is 749 g/mol. The number of rotatable bonds is 38. The SMILES string of the molecule is CC/C=C\C/C=C\C/C=C\C/C=C\C/C=C\CCCC(=O)OCC(COCCCCCC/C=C\C/C=C\C/C=C\CC)OC(=O)CCCCCCCCC. The van der Waals surface area contributed by atoms with Crippen molar-refractivity contribution in [1.82, 2.24) is 0 Å². The summed E-state index contributed by atoms with van der Waals surface area (Å²) in [5.41, 5.74) is 0. The van der Waals surface area contributed by atoms with Crippen LogP contribution in [0.1, 0.15) is 175 Å².